The average molecular weight is 290 g/mol. The van der Waals surface area contributed by atoms with Crippen LogP contribution in [0.25, 0.3) is 0 Å². The molecular formula is C15H18N2O4. The summed E-state index contributed by atoms with van der Waals surface area (Å²) in [6.07, 6.45) is 2.77. The van der Waals surface area contributed by atoms with Crippen LogP contribution in [0.5, 0.6) is 0 Å². The smallest absolute Gasteiger partial charge is 0.337 e. The first kappa shape index (κ1) is 15.2. The van der Waals surface area contributed by atoms with Crippen molar-refractivity contribution < 1.29 is 19.4 Å². The highest BCUT2D eigenvalue weighted by molar-refractivity contribution is 5.94. The van der Waals surface area contributed by atoms with E-state index in [1.165, 1.54) is 17.7 Å². The molecule has 1 aromatic heterocycles. The number of aromatic nitrogens is 1. The Morgan fingerprint density at radius 3 is 2.71 bits per heavy atom. The minimum atomic E-state index is -1.04. The van der Waals surface area contributed by atoms with Crippen molar-refractivity contribution in [3.63, 3.8) is 0 Å². The van der Waals surface area contributed by atoms with Crippen LogP contribution in [0.4, 0.5) is 0 Å². The summed E-state index contributed by atoms with van der Waals surface area (Å²) in [5.74, 6) is -1.22. The Morgan fingerprint density at radius 1 is 1.43 bits per heavy atom. The van der Waals surface area contributed by atoms with Gasteiger partial charge in [-0.25, -0.2) is 9.78 Å². The molecule has 0 spiro atoms. The maximum absolute atomic E-state index is 12.4. The number of hydrogen-bond donors (Lipinski definition) is 1. The highest BCUT2D eigenvalue weighted by Crippen LogP contribution is 2.14. The summed E-state index contributed by atoms with van der Waals surface area (Å²) >= 11 is 0. The van der Waals surface area contributed by atoms with Crippen molar-refractivity contribution in [3.8, 4) is 0 Å². The van der Waals surface area contributed by atoms with Gasteiger partial charge in [0, 0.05) is 20.2 Å². The molecule has 0 aromatic carbocycles. The first-order chi connectivity index (χ1) is 10.0. The minimum Gasteiger partial charge on any atom is -0.478 e. The monoisotopic (exact) mass is 290 g/mol. The molecule has 0 unspecified atom stereocenters. The number of carbonyl (C=O) groups excluding carboxylic acids is 1. The van der Waals surface area contributed by atoms with E-state index in [0.29, 0.717) is 25.4 Å². The maximum Gasteiger partial charge on any atom is 0.337 e. The molecule has 0 atom stereocenters. The number of aromatic carboxylic acids is 1. The van der Waals surface area contributed by atoms with Crippen molar-refractivity contribution in [2.45, 2.75) is 13.3 Å². The summed E-state index contributed by atoms with van der Waals surface area (Å²) in [4.78, 5) is 29.1. The van der Waals surface area contributed by atoms with E-state index in [-0.39, 0.29) is 17.2 Å². The third kappa shape index (κ3) is 3.46. The summed E-state index contributed by atoms with van der Waals surface area (Å²) in [7, 11) is 1.65. The second-order valence-corrected chi connectivity index (χ2v) is 4.93. The number of carboxylic acid groups (broad SMARTS) is 1. The third-order valence-electron chi connectivity index (χ3n) is 3.46. The summed E-state index contributed by atoms with van der Waals surface area (Å²) in [5, 5.41) is 8.97. The van der Waals surface area contributed by atoms with Gasteiger partial charge in [0.05, 0.1) is 17.9 Å². The molecule has 2 heterocycles. The molecule has 6 heteroatoms. The number of aryl methyl sites for hydroxylation is 1. The van der Waals surface area contributed by atoms with Crippen molar-refractivity contribution in [1.82, 2.24) is 9.88 Å². The topological polar surface area (TPSA) is 79.7 Å². The maximum atomic E-state index is 12.4. The van der Waals surface area contributed by atoms with Crippen molar-refractivity contribution >= 4 is 11.9 Å². The van der Waals surface area contributed by atoms with Crippen LogP contribution in [0.3, 0.4) is 0 Å². The molecule has 0 radical (unpaired) electrons. The number of methoxy groups -OCH3 is 1. The number of rotatable bonds is 4. The van der Waals surface area contributed by atoms with Crippen molar-refractivity contribution in [2.75, 3.05) is 26.8 Å². The van der Waals surface area contributed by atoms with Crippen LogP contribution < -0.4 is 0 Å². The molecule has 0 fully saturated rings. The molecule has 0 bridgehead atoms. The Kier molecular flexibility index (Phi) is 4.70. The highest BCUT2D eigenvalue weighted by Gasteiger charge is 2.21. The minimum absolute atomic E-state index is 0.118. The van der Waals surface area contributed by atoms with Crippen LogP contribution in [0, 0.1) is 6.92 Å². The molecule has 1 aliphatic heterocycles. The molecule has 6 nitrogen and oxygen atoms in total. The van der Waals surface area contributed by atoms with Crippen LogP contribution in [0.1, 0.15) is 33.0 Å². The summed E-state index contributed by atoms with van der Waals surface area (Å²) in [6, 6.07) is 2.89. The summed E-state index contributed by atoms with van der Waals surface area (Å²) in [6.45, 7) is 3.33. The molecule has 21 heavy (non-hydrogen) atoms. The van der Waals surface area contributed by atoms with E-state index in [0.717, 1.165) is 6.42 Å². The SMILES string of the molecule is COCC1=CCN(C(=O)c2ccc(C(=O)O)c(C)n2)CC1. The zero-order chi connectivity index (χ0) is 15.4. The van der Waals surface area contributed by atoms with E-state index in [9.17, 15) is 9.59 Å². The standard InChI is InChI=1S/C15H18N2O4/c1-10-12(15(19)20)3-4-13(16-10)14(18)17-7-5-11(6-8-17)9-21-2/h3-5H,6-9H2,1-2H3,(H,19,20). The molecule has 2 rings (SSSR count). The summed E-state index contributed by atoms with van der Waals surface area (Å²) < 4.78 is 5.07. The average Bonchev–Trinajstić information content (AvgIpc) is 2.47. The van der Waals surface area contributed by atoms with Crippen LogP contribution in [-0.2, 0) is 4.74 Å². The fourth-order valence-corrected chi connectivity index (χ4v) is 2.28. The van der Waals surface area contributed by atoms with E-state index in [4.69, 9.17) is 9.84 Å². The van der Waals surface area contributed by atoms with Gasteiger partial charge in [-0.1, -0.05) is 6.08 Å². The van der Waals surface area contributed by atoms with E-state index in [1.54, 1.807) is 18.9 Å². The molecule has 1 N–H and O–H groups in total. The van der Waals surface area contributed by atoms with Crippen molar-refractivity contribution in [3.05, 3.63) is 40.7 Å². The number of ether oxygens (including phenoxy) is 1. The Morgan fingerprint density at radius 2 is 2.19 bits per heavy atom. The van der Waals surface area contributed by atoms with Crippen LogP contribution >= 0.6 is 0 Å². The first-order valence-corrected chi connectivity index (χ1v) is 6.70. The lowest BCUT2D eigenvalue weighted by molar-refractivity contribution is 0.0692. The predicted molar refractivity (Wildman–Crippen MR) is 76.4 cm³/mol. The number of nitrogens with zero attached hydrogens (tertiary/aromatic N) is 2. The molecule has 1 aliphatic rings. The van der Waals surface area contributed by atoms with E-state index >= 15 is 0 Å². The van der Waals surface area contributed by atoms with Gasteiger partial charge in [-0.15, -0.1) is 0 Å². The van der Waals surface area contributed by atoms with Gasteiger partial charge in [-0.3, -0.25) is 4.79 Å². The number of carbonyl (C=O) groups is 2. The Bertz CT molecular complexity index is 595. The van der Waals surface area contributed by atoms with Crippen molar-refractivity contribution in [2.24, 2.45) is 0 Å². The van der Waals surface area contributed by atoms with Gasteiger partial charge in [-0.05, 0) is 31.1 Å². The number of carboxylic acids is 1. The third-order valence-corrected chi connectivity index (χ3v) is 3.46. The number of hydrogen-bond acceptors (Lipinski definition) is 4. The lowest BCUT2D eigenvalue weighted by Gasteiger charge is -2.26. The molecule has 0 saturated heterocycles. The van der Waals surface area contributed by atoms with E-state index in [2.05, 4.69) is 4.98 Å². The quantitative estimate of drug-likeness (QED) is 0.850. The number of pyridine rings is 1. The van der Waals surface area contributed by atoms with Gasteiger partial charge in [-0.2, -0.15) is 0 Å². The fourth-order valence-electron chi connectivity index (χ4n) is 2.28. The van der Waals surface area contributed by atoms with Gasteiger partial charge < -0.3 is 14.7 Å². The predicted octanol–water partition coefficient (Wildman–Crippen LogP) is 1.51. The molecule has 112 valence electrons. The zero-order valence-electron chi connectivity index (χ0n) is 12.1. The van der Waals surface area contributed by atoms with Gasteiger partial charge in [0.1, 0.15) is 5.69 Å². The largest absolute Gasteiger partial charge is 0.478 e. The molecule has 1 aromatic rings. The summed E-state index contributed by atoms with van der Waals surface area (Å²) in [5.41, 5.74) is 1.93. The molecule has 1 amide bonds. The molecule has 0 saturated carbocycles. The van der Waals surface area contributed by atoms with Crippen LogP contribution in [0.15, 0.2) is 23.8 Å². The molecule has 0 aliphatic carbocycles. The van der Waals surface area contributed by atoms with Gasteiger partial charge >= 0.3 is 5.97 Å². The number of amides is 1. The lowest BCUT2D eigenvalue weighted by Crippen LogP contribution is -2.36. The Labute approximate surface area is 123 Å². The lowest BCUT2D eigenvalue weighted by atomic mass is 10.1. The van der Waals surface area contributed by atoms with Gasteiger partial charge in [0.15, 0.2) is 0 Å². The molecular weight excluding hydrogens is 272 g/mol. The van der Waals surface area contributed by atoms with E-state index < -0.39 is 5.97 Å². The van der Waals surface area contributed by atoms with Gasteiger partial charge in [0.25, 0.3) is 5.91 Å². The zero-order valence-corrected chi connectivity index (χ0v) is 12.1. The van der Waals surface area contributed by atoms with Crippen molar-refractivity contribution in [1.29, 1.82) is 0 Å². The van der Waals surface area contributed by atoms with Gasteiger partial charge in [0.2, 0.25) is 0 Å². The van der Waals surface area contributed by atoms with E-state index in [1.807, 2.05) is 6.08 Å². The first-order valence-electron chi connectivity index (χ1n) is 6.70. The Hall–Kier alpha value is -2.21. The second kappa shape index (κ2) is 6.49. The van der Waals surface area contributed by atoms with Crippen LogP contribution in [0.2, 0.25) is 0 Å². The fraction of sp³-hybridized carbons (Fsp3) is 0.400. The highest BCUT2D eigenvalue weighted by atomic mass is 16.5. The second-order valence-electron chi connectivity index (χ2n) is 4.93. The normalized spacial score (nSPS) is 14.8. The van der Waals surface area contributed by atoms with Crippen LogP contribution in [-0.4, -0.2) is 53.7 Å². The Balaban J connectivity index is 2.11.